The lowest BCUT2D eigenvalue weighted by Gasteiger charge is -2.05. The number of hydrogen-bond donors (Lipinski definition) is 1. The van der Waals surface area contributed by atoms with E-state index >= 15 is 0 Å². The quantitative estimate of drug-likeness (QED) is 0.701. The van der Waals surface area contributed by atoms with Crippen LogP contribution in [0.4, 0.5) is 5.69 Å². The van der Waals surface area contributed by atoms with Crippen LogP contribution in [0.15, 0.2) is 61.1 Å². The van der Waals surface area contributed by atoms with Gasteiger partial charge in [0.2, 0.25) is 0 Å². The van der Waals surface area contributed by atoms with Crippen LogP contribution in [0.3, 0.4) is 0 Å². The Labute approximate surface area is 147 Å². The molecule has 0 spiro atoms. The number of nitrogen functional groups attached to an aromatic ring is 1. The van der Waals surface area contributed by atoms with E-state index in [4.69, 9.17) is 10.5 Å². The third-order valence-corrected chi connectivity index (χ3v) is 3.99. The predicted molar refractivity (Wildman–Crippen MR) is 97.8 cm³/mol. The molecule has 0 saturated heterocycles. The molecule has 0 aliphatic carbocycles. The van der Waals surface area contributed by atoms with Crippen molar-refractivity contribution in [2.24, 2.45) is 0 Å². The second-order valence-corrected chi connectivity index (χ2v) is 5.75. The summed E-state index contributed by atoms with van der Waals surface area (Å²) in [6.07, 6.45) is 7.17. The third kappa shape index (κ3) is 4.07. The van der Waals surface area contributed by atoms with E-state index in [1.165, 1.54) is 5.56 Å². The second-order valence-electron chi connectivity index (χ2n) is 5.75. The van der Waals surface area contributed by atoms with Gasteiger partial charge in [-0.2, -0.15) is 0 Å². The summed E-state index contributed by atoms with van der Waals surface area (Å²) >= 11 is 0. The SMILES string of the molecule is CCOC(=O)c1ccnc(-n2cc(N)c(CCc3ccccc3)c2)c1. The van der Waals surface area contributed by atoms with Gasteiger partial charge in [-0.15, -0.1) is 0 Å². The summed E-state index contributed by atoms with van der Waals surface area (Å²) in [5.41, 5.74) is 9.68. The third-order valence-electron chi connectivity index (χ3n) is 3.99. The summed E-state index contributed by atoms with van der Waals surface area (Å²) in [6, 6.07) is 13.7. The standard InChI is InChI=1S/C20H21N3O2/c1-2-25-20(24)16-10-11-22-19(12-16)23-13-17(18(21)14-23)9-8-15-6-4-3-5-7-15/h3-7,10-14H,2,8-9,21H2,1H3. The van der Waals surface area contributed by atoms with E-state index in [-0.39, 0.29) is 5.97 Å². The molecule has 0 radical (unpaired) electrons. The van der Waals surface area contributed by atoms with Crippen molar-refractivity contribution in [2.45, 2.75) is 19.8 Å². The van der Waals surface area contributed by atoms with E-state index < -0.39 is 0 Å². The van der Waals surface area contributed by atoms with Gasteiger partial charge in [0.1, 0.15) is 5.82 Å². The number of anilines is 1. The first-order valence-corrected chi connectivity index (χ1v) is 8.31. The van der Waals surface area contributed by atoms with E-state index in [9.17, 15) is 4.79 Å². The molecule has 0 saturated carbocycles. The Bertz CT molecular complexity index is 856. The van der Waals surface area contributed by atoms with Gasteiger partial charge in [-0.3, -0.25) is 0 Å². The Morgan fingerprint density at radius 2 is 1.96 bits per heavy atom. The fraction of sp³-hybridized carbons (Fsp3) is 0.200. The number of benzene rings is 1. The van der Waals surface area contributed by atoms with Gasteiger partial charge in [-0.1, -0.05) is 30.3 Å². The maximum atomic E-state index is 11.9. The van der Waals surface area contributed by atoms with E-state index in [2.05, 4.69) is 17.1 Å². The molecule has 3 rings (SSSR count). The average Bonchev–Trinajstić information content (AvgIpc) is 3.02. The Kier molecular flexibility index (Phi) is 5.14. The predicted octanol–water partition coefficient (Wildman–Crippen LogP) is 3.42. The number of nitrogens with two attached hydrogens (primary N) is 1. The Balaban J connectivity index is 1.78. The molecular formula is C20H21N3O2. The van der Waals surface area contributed by atoms with Crippen molar-refractivity contribution in [1.82, 2.24) is 9.55 Å². The molecule has 128 valence electrons. The van der Waals surface area contributed by atoms with Crippen LogP contribution in [0.25, 0.3) is 5.82 Å². The van der Waals surface area contributed by atoms with Gasteiger partial charge < -0.3 is 15.0 Å². The number of esters is 1. The molecule has 5 heteroatoms. The molecule has 0 unspecified atom stereocenters. The molecule has 1 aromatic carbocycles. The number of nitrogens with zero attached hydrogens (tertiary/aromatic N) is 2. The van der Waals surface area contributed by atoms with E-state index in [0.717, 1.165) is 24.1 Å². The summed E-state index contributed by atoms with van der Waals surface area (Å²) in [5.74, 6) is 0.291. The molecule has 2 aromatic heterocycles. The summed E-state index contributed by atoms with van der Waals surface area (Å²) in [7, 11) is 0. The highest BCUT2D eigenvalue weighted by atomic mass is 16.5. The zero-order valence-corrected chi connectivity index (χ0v) is 14.2. The van der Waals surface area contributed by atoms with Crippen molar-refractivity contribution >= 4 is 11.7 Å². The molecule has 3 aromatic rings. The maximum Gasteiger partial charge on any atom is 0.338 e. The molecule has 0 amide bonds. The van der Waals surface area contributed by atoms with E-state index in [1.54, 1.807) is 25.3 Å². The summed E-state index contributed by atoms with van der Waals surface area (Å²) in [6.45, 7) is 2.13. The van der Waals surface area contributed by atoms with Crippen molar-refractivity contribution in [1.29, 1.82) is 0 Å². The molecule has 0 bridgehead atoms. The molecule has 2 heterocycles. The van der Waals surface area contributed by atoms with Crippen LogP contribution in [0.2, 0.25) is 0 Å². The molecule has 5 nitrogen and oxygen atoms in total. The lowest BCUT2D eigenvalue weighted by molar-refractivity contribution is 0.0526. The van der Waals surface area contributed by atoms with Crippen molar-refractivity contribution in [3.8, 4) is 5.82 Å². The summed E-state index contributed by atoms with van der Waals surface area (Å²) in [4.78, 5) is 16.2. The van der Waals surface area contributed by atoms with E-state index in [1.807, 2.05) is 35.2 Å². The van der Waals surface area contributed by atoms with Crippen LogP contribution in [-0.4, -0.2) is 22.1 Å². The number of aryl methyl sites for hydroxylation is 2. The molecule has 0 aliphatic rings. The first-order valence-electron chi connectivity index (χ1n) is 8.31. The fourth-order valence-electron chi connectivity index (χ4n) is 2.68. The van der Waals surface area contributed by atoms with Crippen molar-refractivity contribution in [3.63, 3.8) is 0 Å². The van der Waals surface area contributed by atoms with Gasteiger partial charge in [0.15, 0.2) is 0 Å². The topological polar surface area (TPSA) is 70.1 Å². The van der Waals surface area contributed by atoms with Crippen molar-refractivity contribution in [3.05, 3.63) is 77.7 Å². The maximum absolute atomic E-state index is 11.9. The van der Waals surface area contributed by atoms with Gasteiger partial charge in [-0.05, 0) is 43.0 Å². The second kappa shape index (κ2) is 7.66. The van der Waals surface area contributed by atoms with Gasteiger partial charge >= 0.3 is 5.97 Å². The highest BCUT2D eigenvalue weighted by Crippen LogP contribution is 2.19. The molecular weight excluding hydrogens is 314 g/mol. The molecule has 0 fully saturated rings. The van der Waals surface area contributed by atoms with Gasteiger partial charge in [0, 0.05) is 18.6 Å². The molecule has 0 aliphatic heterocycles. The first kappa shape index (κ1) is 16.8. The average molecular weight is 335 g/mol. The lowest BCUT2D eigenvalue weighted by Crippen LogP contribution is -2.06. The Hall–Kier alpha value is -3.08. The zero-order valence-electron chi connectivity index (χ0n) is 14.2. The van der Waals surface area contributed by atoms with Crippen LogP contribution in [-0.2, 0) is 17.6 Å². The number of pyridine rings is 1. The minimum atomic E-state index is -0.351. The normalized spacial score (nSPS) is 10.6. The van der Waals surface area contributed by atoms with Gasteiger partial charge in [0.25, 0.3) is 0 Å². The Morgan fingerprint density at radius 3 is 2.72 bits per heavy atom. The molecule has 25 heavy (non-hydrogen) atoms. The van der Waals surface area contributed by atoms with Crippen molar-refractivity contribution in [2.75, 3.05) is 12.3 Å². The largest absolute Gasteiger partial charge is 0.462 e. The highest BCUT2D eigenvalue weighted by molar-refractivity contribution is 5.89. The number of rotatable bonds is 6. The Morgan fingerprint density at radius 1 is 1.16 bits per heavy atom. The van der Waals surface area contributed by atoms with Crippen LogP contribution in [0.5, 0.6) is 0 Å². The summed E-state index contributed by atoms with van der Waals surface area (Å²) in [5, 5.41) is 0. The van der Waals surface area contributed by atoms with Crippen LogP contribution >= 0.6 is 0 Å². The van der Waals surface area contributed by atoms with E-state index in [0.29, 0.717) is 18.0 Å². The number of carbonyl (C=O) groups excluding carboxylic acids is 1. The molecule has 0 atom stereocenters. The summed E-state index contributed by atoms with van der Waals surface area (Å²) < 4.78 is 6.88. The fourth-order valence-corrected chi connectivity index (χ4v) is 2.68. The monoisotopic (exact) mass is 335 g/mol. The highest BCUT2D eigenvalue weighted by Gasteiger charge is 2.10. The first-order chi connectivity index (χ1) is 12.2. The van der Waals surface area contributed by atoms with Gasteiger partial charge in [0.05, 0.1) is 17.9 Å². The van der Waals surface area contributed by atoms with Crippen LogP contribution in [0, 0.1) is 0 Å². The molecule has 2 N–H and O–H groups in total. The lowest BCUT2D eigenvalue weighted by atomic mass is 10.1. The number of hydrogen-bond acceptors (Lipinski definition) is 4. The number of aromatic nitrogens is 2. The smallest absolute Gasteiger partial charge is 0.338 e. The van der Waals surface area contributed by atoms with Crippen LogP contribution < -0.4 is 5.73 Å². The minimum Gasteiger partial charge on any atom is -0.462 e. The van der Waals surface area contributed by atoms with Crippen LogP contribution in [0.1, 0.15) is 28.4 Å². The van der Waals surface area contributed by atoms with Gasteiger partial charge in [-0.25, -0.2) is 9.78 Å². The van der Waals surface area contributed by atoms with Crippen molar-refractivity contribution < 1.29 is 9.53 Å². The zero-order chi connectivity index (χ0) is 17.6. The minimum absolute atomic E-state index is 0.344. The number of carbonyl (C=O) groups is 1. The number of ether oxygens (including phenoxy) is 1.